The molecule has 4 rings (SSSR count). The van der Waals surface area contributed by atoms with Gasteiger partial charge in [0.1, 0.15) is 5.84 Å². The maximum atomic E-state index is 9.55. The van der Waals surface area contributed by atoms with Gasteiger partial charge in [0.15, 0.2) is 0 Å². The first-order valence-corrected chi connectivity index (χ1v) is 10.7. The van der Waals surface area contributed by atoms with Crippen LogP contribution in [0.5, 0.6) is 0 Å². The third kappa shape index (κ3) is 5.48. The molecule has 0 bridgehead atoms. The van der Waals surface area contributed by atoms with Crippen LogP contribution in [0.2, 0.25) is 0 Å². The third-order valence-corrected chi connectivity index (χ3v) is 6.01. The molecular formula is C21H19BrN2O4S. The lowest BCUT2D eigenvalue weighted by Crippen LogP contribution is -2.27. The highest BCUT2D eigenvalue weighted by Crippen LogP contribution is 2.42. The Hall–Kier alpha value is -2.58. The van der Waals surface area contributed by atoms with Crippen molar-refractivity contribution >= 4 is 45.5 Å². The van der Waals surface area contributed by atoms with Gasteiger partial charge in [-0.3, -0.25) is 4.99 Å². The summed E-state index contributed by atoms with van der Waals surface area (Å²) in [4.78, 5) is 25.2. The molecule has 2 aromatic rings. The van der Waals surface area contributed by atoms with Crippen LogP contribution >= 0.6 is 27.7 Å². The molecule has 2 aliphatic rings. The van der Waals surface area contributed by atoms with E-state index in [1.807, 2.05) is 11.8 Å². The van der Waals surface area contributed by atoms with Crippen LogP contribution in [0.25, 0.3) is 0 Å². The van der Waals surface area contributed by atoms with Crippen molar-refractivity contribution in [1.29, 1.82) is 0 Å². The zero-order valence-electron chi connectivity index (χ0n) is 15.3. The Bertz CT molecular complexity index is 974. The van der Waals surface area contributed by atoms with Gasteiger partial charge in [-0.25, -0.2) is 9.59 Å². The predicted molar refractivity (Wildman–Crippen MR) is 117 cm³/mol. The van der Waals surface area contributed by atoms with Crippen molar-refractivity contribution < 1.29 is 19.8 Å². The first-order chi connectivity index (χ1) is 14.0. The van der Waals surface area contributed by atoms with Crippen molar-refractivity contribution in [2.24, 2.45) is 4.99 Å². The smallest absolute Gasteiger partial charge is 0.328 e. The fourth-order valence-corrected chi connectivity index (χ4v) is 4.65. The molecule has 0 saturated heterocycles. The van der Waals surface area contributed by atoms with Crippen LogP contribution in [0.15, 0.2) is 69.0 Å². The number of fused-ring (bicyclic) bond motifs is 2. The second-order valence-electron chi connectivity index (χ2n) is 6.31. The Labute approximate surface area is 180 Å². The van der Waals surface area contributed by atoms with Gasteiger partial charge in [-0.05, 0) is 34.9 Å². The highest BCUT2D eigenvalue weighted by atomic mass is 79.9. The first-order valence-electron chi connectivity index (χ1n) is 8.88. The van der Waals surface area contributed by atoms with Gasteiger partial charge in [-0.1, -0.05) is 40.2 Å². The number of halogens is 1. The first kappa shape index (κ1) is 21.1. The van der Waals surface area contributed by atoms with E-state index in [0.717, 1.165) is 29.2 Å². The maximum absolute atomic E-state index is 9.55. The normalized spacial score (nSPS) is 17.1. The van der Waals surface area contributed by atoms with Crippen molar-refractivity contribution in [2.45, 2.75) is 16.6 Å². The van der Waals surface area contributed by atoms with Crippen molar-refractivity contribution in [2.75, 3.05) is 13.1 Å². The summed E-state index contributed by atoms with van der Waals surface area (Å²) in [6, 6.07) is 15.4. The molecule has 3 N–H and O–H groups in total. The van der Waals surface area contributed by atoms with Crippen LogP contribution in [0.1, 0.15) is 22.6 Å². The zero-order valence-corrected chi connectivity index (χ0v) is 17.7. The number of aliphatic imine (C=N–C) groups is 1. The number of amidine groups is 1. The number of benzene rings is 2. The Morgan fingerprint density at radius 2 is 1.83 bits per heavy atom. The van der Waals surface area contributed by atoms with Gasteiger partial charge < -0.3 is 15.5 Å². The Morgan fingerprint density at radius 1 is 1.10 bits per heavy atom. The fraction of sp³-hybridized carbons (Fsp3) is 0.190. The summed E-state index contributed by atoms with van der Waals surface area (Å²) in [6.07, 6.45) is 1.12. The average molecular weight is 475 g/mol. The highest BCUT2D eigenvalue weighted by Gasteiger charge is 2.29. The molecule has 0 aromatic heterocycles. The van der Waals surface area contributed by atoms with Gasteiger partial charge in [0, 0.05) is 33.8 Å². The van der Waals surface area contributed by atoms with Gasteiger partial charge in [-0.15, -0.1) is 11.8 Å². The lowest BCUT2D eigenvalue weighted by atomic mass is 9.87. The number of nitrogens with zero attached hydrogens (tertiary/aromatic N) is 1. The Balaban J connectivity index is 0.000000258. The summed E-state index contributed by atoms with van der Waals surface area (Å²) >= 11 is 5.54. The quantitative estimate of drug-likeness (QED) is 0.583. The minimum absolute atomic E-state index is 0.228. The van der Waals surface area contributed by atoms with E-state index in [-0.39, 0.29) is 5.92 Å². The van der Waals surface area contributed by atoms with Gasteiger partial charge in [-0.2, -0.15) is 0 Å². The Morgan fingerprint density at radius 3 is 2.48 bits per heavy atom. The molecule has 0 radical (unpaired) electrons. The summed E-state index contributed by atoms with van der Waals surface area (Å²) in [7, 11) is 0. The summed E-state index contributed by atoms with van der Waals surface area (Å²) in [6.45, 7) is 1.83. The second kappa shape index (κ2) is 9.76. The molecule has 0 amide bonds. The number of carboxylic acid groups (broad SMARTS) is 2. The van der Waals surface area contributed by atoms with E-state index in [0.29, 0.717) is 12.2 Å². The number of hydrogen-bond donors (Lipinski definition) is 3. The molecule has 0 spiro atoms. The van der Waals surface area contributed by atoms with Crippen LogP contribution in [-0.2, 0) is 15.3 Å². The zero-order chi connectivity index (χ0) is 20.8. The summed E-state index contributed by atoms with van der Waals surface area (Å²) < 4.78 is 1.13. The average Bonchev–Trinajstić information content (AvgIpc) is 3.16. The summed E-state index contributed by atoms with van der Waals surface area (Å²) in [5, 5.41) is 19.1. The van der Waals surface area contributed by atoms with Crippen molar-refractivity contribution in [3.05, 3.63) is 75.8 Å². The SMILES string of the molecule is Brc1ccc2c(c1)C(C1=NCCN1)c1ccccc1CS2.O=C(O)C=CC(=O)O. The predicted octanol–water partition coefficient (Wildman–Crippen LogP) is 3.90. The molecule has 2 aliphatic heterocycles. The molecule has 0 saturated carbocycles. The number of aliphatic carboxylic acids is 2. The fourth-order valence-electron chi connectivity index (χ4n) is 3.19. The van der Waals surface area contributed by atoms with Crippen LogP contribution in [0, 0.1) is 0 Å². The minimum Gasteiger partial charge on any atom is -0.478 e. The van der Waals surface area contributed by atoms with Crippen molar-refractivity contribution in [1.82, 2.24) is 5.32 Å². The van der Waals surface area contributed by atoms with E-state index in [2.05, 4.69) is 63.7 Å². The number of rotatable bonds is 3. The van der Waals surface area contributed by atoms with Gasteiger partial charge in [0.25, 0.3) is 0 Å². The summed E-state index contributed by atoms with van der Waals surface area (Å²) in [5.74, 6) is -0.149. The minimum atomic E-state index is -1.26. The molecule has 2 aromatic carbocycles. The maximum Gasteiger partial charge on any atom is 0.328 e. The lowest BCUT2D eigenvalue weighted by molar-refractivity contribution is -0.134. The third-order valence-electron chi connectivity index (χ3n) is 4.37. The summed E-state index contributed by atoms with van der Waals surface area (Å²) in [5.41, 5.74) is 4.15. The van der Waals surface area contributed by atoms with E-state index in [4.69, 9.17) is 15.2 Å². The molecule has 0 aliphatic carbocycles. The Kier molecular flexibility index (Phi) is 7.11. The highest BCUT2D eigenvalue weighted by molar-refractivity contribution is 9.10. The molecular weight excluding hydrogens is 456 g/mol. The molecule has 1 atom stereocenters. The van der Waals surface area contributed by atoms with Crippen LogP contribution in [0.4, 0.5) is 0 Å². The van der Waals surface area contributed by atoms with Crippen LogP contribution in [0.3, 0.4) is 0 Å². The number of thioether (sulfide) groups is 1. The molecule has 150 valence electrons. The number of hydrogen-bond acceptors (Lipinski definition) is 5. The van der Waals surface area contributed by atoms with E-state index in [1.165, 1.54) is 21.6 Å². The molecule has 0 fully saturated rings. The van der Waals surface area contributed by atoms with Gasteiger partial charge in [0.2, 0.25) is 0 Å². The van der Waals surface area contributed by atoms with E-state index < -0.39 is 11.9 Å². The van der Waals surface area contributed by atoms with E-state index in [1.54, 1.807) is 0 Å². The largest absolute Gasteiger partial charge is 0.478 e. The molecule has 2 heterocycles. The molecule has 1 unspecified atom stereocenters. The standard InChI is InChI=1S/C17H15BrN2S.C4H4O4/c18-12-5-6-15-14(9-12)16(17-19-7-8-20-17)13-4-2-1-3-11(13)10-21-15;5-3(6)1-2-4(7)8/h1-6,9,16H,7-8,10H2,(H,19,20);1-2H,(H,5,6)(H,7,8). The molecule has 6 nitrogen and oxygen atoms in total. The number of carboxylic acids is 2. The van der Waals surface area contributed by atoms with Crippen molar-refractivity contribution in [3.8, 4) is 0 Å². The second-order valence-corrected chi connectivity index (χ2v) is 8.24. The van der Waals surface area contributed by atoms with Crippen LogP contribution in [-0.4, -0.2) is 41.1 Å². The number of carbonyl (C=O) groups is 2. The van der Waals surface area contributed by atoms with Crippen molar-refractivity contribution in [3.63, 3.8) is 0 Å². The monoisotopic (exact) mass is 474 g/mol. The molecule has 8 heteroatoms. The lowest BCUT2D eigenvalue weighted by Gasteiger charge is -2.20. The molecule has 29 heavy (non-hydrogen) atoms. The van der Waals surface area contributed by atoms with E-state index in [9.17, 15) is 9.59 Å². The topological polar surface area (TPSA) is 99.0 Å². The van der Waals surface area contributed by atoms with Crippen LogP contribution < -0.4 is 5.32 Å². The van der Waals surface area contributed by atoms with Gasteiger partial charge in [0.05, 0.1) is 12.5 Å². The van der Waals surface area contributed by atoms with E-state index >= 15 is 0 Å². The van der Waals surface area contributed by atoms with Gasteiger partial charge >= 0.3 is 11.9 Å². The number of nitrogens with one attached hydrogen (secondary N) is 1.